The molecular formula is C16H14F2N2O3. The molecule has 23 heavy (non-hydrogen) atoms. The highest BCUT2D eigenvalue weighted by molar-refractivity contribution is 6.05. The second-order valence-corrected chi connectivity index (χ2v) is 4.68. The molecule has 7 heteroatoms. The maximum atomic E-state index is 13.2. The van der Waals surface area contributed by atoms with Gasteiger partial charge in [0.2, 0.25) is 5.91 Å². The Labute approximate surface area is 131 Å². The number of carbonyl (C=O) groups excluding carboxylic acids is 2. The molecule has 0 heterocycles. The molecule has 0 bridgehead atoms. The first-order chi connectivity index (χ1) is 10.9. The van der Waals surface area contributed by atoms with Crippen molar-refractivity contribution in [3.63, 3.8) is 0 Å². The molecule has 0 fully saturated rings. The first kappa shape index (κ1) is 16.4. The molecule has 0 aromatic heterocycles. The van der Waals surface area contributed by atoms with Crippen LogP contribution in [0.2, 0.25) is 0 Å². The van der Waals surface area contributed by atoms with Crippen LogP contribution in [0, 0.1) is 11.6 Å². The third kappa shape index (κ3) is 4.03. The van der Waals surface area contributed by atoms with Crippen LogP contribution in [0.1, 0.15) is 17.3 Å². The minimum atomic E-state index is -1.11. The molecule has 2 N–H and O–H groups in total. The van der Waals surface area contributed by atoms with Crippen molar-refractivity contribution in [3.05, 3.63) is 53.6 Å². The summed E-state index contributed by atoms with van der Waals surface area (Å²) in [6.07, 6.45) is 0. The summed E-state index contributed by atoms with van der Waals surface area (Å²) in [6, 6.07) is 7.50. The maximum Gasteiger partial charge on any atom is 0.255 e. The second-order valence-electron chi connectivity index (χ2n) is 4.68. The number of benzene rings is 2. The molecule has 0 saturated carbocycles. The third-order valence-electron chi connectivity index (χ3n) is 2.95. The van der Waals surface area contributed by atoms with Gasteiger partial charge < -0.3 is 15.4 Å². The fourth-order valence-electron chi connectivity index (χ4n) is 1.92. The molecule has 0 atom stereocenters. The SMILES string of the molecule is COc1ccc(NC(C)=O)cc1NC(=O)c1ccc(F)c(F)c1. The lowest BCUT2D eigenvalue weighted by atomic mass is 10.2. The van der Waals surface area contributed by atoms with Gasteiger partial charge in [-0.3, -0.25) is 9.59 Å². The van der Waals surface area contributed by atoms with E-state index >= 15 is 0 Å². The van der Waals surface area contributed by atoms with Crippen LogP contribution in [0.15, 0.2) is 36.4 Å². The molecule has 5 nitrogen and oxygen atoms in total. The smallest absolute Gasteiger partial charge is 0.255 e. The van der Waals surface area contributed by atoms with E-state index in [4.69, 9.17) is 4.74 Å². The number of anilines is 2. The largest absolute Gasteiger partial charge is 0.495 e. The predicted octanol–water partition coefficient (Wildman–Crippen LogP) is 3.18. The number of halogens is 2. The number of methoxy groups -OCH3 is 1. The Hall–Kier alpha value is -2.96. The van der Waals surface area contributed by atoms with Crippen molar-refractivity contribution in [1.82, 2.24) is 0 Å². The molecular weight excluding hydrogens is 306 g/mol. The van der Waals surface area contributed by atoms with Crippen LogP contribution in [-0.4, -0.2) is 18.9 Å². The summed E-state index contributed by atoms with van der Waals surface area (Å²) >= 11 is 0. The normalized spacial score (nSPS) is 10.1. The number of hydrogen-bond acceptors (Lipinski definition) is 3. The standard InChI is InChI=1S/C16H14F2N2O3/c1-9(21)19-11-4-6-15(23-2)14(8-11)20-16(22)10-3-5-12(17)13(18)7-10/h3-8H,1-2H3,(H,19,21)(H,20,22). The zero-order valence-electron chi connectivity index (χ0n) is 12.4. The van der Waals surface area contributed by atoms with E-state index < -0.39 is 17.5 Å². The second kappa shape index (κ2) is 6.87. The summed E-state index contributed by atoms with van der Waals surface area (Å²) in [6.45, 7) is 1.35. The number of amides is 2. The summed E-state index contributed by atoms with van der Waals surface area (Å²) in [4.78, 5) is 23.2. The highest BCUT2D eigenvalue weighted by atomic mass is 19.2. The van der Waals surface area contributed by atoms with Gasteiger partial charge in [-0.2, -0.15) is 0 Å². The fraction of sp³-hybridized carbons (Fsp3) is 0.125. The molecule has 2 aromatic carbocycles. The number of carbonyl (C=O) groups is 2. The lowest BCUT2D eigenvalue weighted by Crippen LogP contribution is -2.14. The van der Waals surface area contributed by atoms with Gasteiger partial charge in [-0.25, -0.2) is 8.78 Å². The Balaban J connectivity index is 2.28. The van der Waals surface area contributed by atoms with Crippen LogP contribution in [-0.2, 0) is 4.79 Å². The average Bonchev–Trinajstić information content (AvgIpc) is 2.49. The van der Waals surface area contributed by atoms with E-state index in [9.17, 15) is 18.4 Å². The van der Waals surface area contributed by atoms with Gasteiger partial charge in [-0.1, -0.05) is 0 Å². The summed E-state index contributed by atoms with van der Waals surface area (Å²) in [7, 11) is 1.42. The van der Waals surface area contributed by atoms with Gasteiger partial charge in [-0.05, 0) is 36.4 Å². The van der Waals surface area contributed by atoms with Gasteiger partial charge >= 0.3 is 0 Å². The molecule has 2 amide bonds. The molecule has 2 rings (SSSR count). The maximum absolute atomic E-state index is 13.2. The van der Waals surface area contributed by atoms with E-state index in [1.54, 1.807) is 12.1 Å². The lowest BCUT2D eigenvalue weighted by Gasteiger charge is -2.12. The Morgan fingerprint density at radius 3 is 2.35 bits per heavy atom. The Kier molecular flexibility index (Phi) is 4.90. The number of ether oxygens (including phenoxy) is 1. The Morgan fingerprint density at radius 1 is 1.00 bits per heavy atom. The molecule has 0 radical (unpaired) electrons. The van der Waals surface area contributed by atoms with Crippen molar-refractivity contribution in [2.45, 2.75) is 6.92 Å². The highest BCUT2D eigenvalue weighted by Crippen LogP contribution is 2.28. The molecule has 120 valence electrons. The quantitative estimate of drug-likeness (QED) is 0.909. The monoisotopic (exact) mass is 320 g/mol. The van der Waals surface area contributed by atoms with Crippen LogP contribution in [0.5, 0.6) is 5.75 Å². The average molecular weight is 320 g/mol. The number of rotatable bonds is 4. The van der Waals surface area contributed by atoms with E-state index in [2.05, 4.69) is 10.6 Å². The molecule has 0 aliphatic carbocycles. The van der Waals surface area contributed by atoms with Gasteiger partial charge in [0.25, 0.3) is 5.91 Å². The molecule has 0 spiro atoms. The molecule has 0 saturated heterocycles. The number of hydrogen-bond donors (Lipinski definition) is 2. The summed E-state index contributed by atoms with van der Waals surface area (Å²) in [5.74, 6) is -2.70. The zero-order chi connectivity index (χ0) is 17.0. The van der Waals surface area contributed by atoms with Crippen molar-refractivity contribution in [3.8, 4) is 5.75 Å². The van der Waals surface area contributed by atoms with Crippen LogP contribution in [0.3, 0.4) is 0 Å². The van der Waals surface area contributed by atoms with E-state index in [1.807, 2.05) is 0 Å². The van der Waals surface area contributed by atoms with Crippen molar-refractivity contribution in [2.24, 2.45) is 0 Å². The van der Waals surface area contributed by atoms with E-state index in [1.165, 1.54) is 20.1 Å². The van der Waals surface area contributed by atoms with Gasteiger partial charge in [0.15, 0.2) is 11.6 Å². The minimum Gasteiger partial charge on any atom is -0.495 e. The minimum absolute atomic E-state index is 0.0455. The zero-order valence-corrected chi connectivity index (χ0v) is 12.4. The van der Waals surface area contributed by atoms with Crippen LogP contribution in [0.4, 0.5) is 20.2 Å². The van der Waals surface area contributed by atoms with Gasteiger partial charge in [0.05, 0.1) is 12.8 Å². The van der Waals surface area contributed by atoms with Crippen LogP contribution in [0.25, 0.3) is 0 Å². The molecule has 0 aliphatic heterocycles. The first-order valence-electron chi connectivity index (χ1n) is 6.62. The molecule has 0 unspecified atom stereocenters. The van der Waals surface area contributed by atoms with Crippen molar-refractivity contribution < 1.29 is 23.1 Å². The van der Waals surface area contributed by atoms with E-state index in [0.717, 1.165) is 18.2 Å². The summed E-state index contributed by atoms with van der Waals surface area (Å²) in [5.41, 5.74) is 0.697. The molecule has 2 aromatic rings. The topological polar surface area (TPSA) is 67.4 Å². The lowest BCUT2D eigenvalue weighted by molar-refractivity contribution is -0.114. The van der Waals surface area contributed by atoms with Crippen molar-refractivity contribution in [2.75, 3.05) is 17.7 Å². The van der Waals surface area contributed by atoms with E-state index in [0.29, 0.717) is 11.4 Å². The van der Waals surface area contributed by atoms with Gasteiger partial charge in [0.1, 0.15) is 5.75 Å². The van der Waals surface area contributed by atoms with Crippen molar-refractivity contribution >= 4 is 23.2 Å². The van der Waals surface area contributed by atoms with E-state index in [-0.39, 0.29) is 17.2 Å². The van der Waals surface area contributed by atoms with Crippen molar-refractivity contribution in [1.29, 1.82) is 0 Å². The first-order valence-corrected chi connectivity index (χ1v) is 6.62. The Morgan fingerprint density at radius 2 is 1.74 bits per heavy atom. The molecule has 0 aliphatic rings. The third-order valence-corrected chi connectivity index (χ3v) is 2.95. The fourth-order valence-corrected chi connectivity index (χ4v) is 1.92. The van der Waals surface area contributed by atoms with Gasteiger partial charge in [0, 0.05) is 18.2 Å². The predicted molar refractivity (Wildman–Crippen MR) is 81.6 cm³/mol. The van der Waals surface area contributed by atoms with Crippen LogP contribution < -0.4 is 15.4 Å². The number of nitrogens with one attached hydrogen (secondary N) is 2. The Bertz CT molecular complexity index is 763. The van der Waals surface area contributed by atoms with Crippen LogP contribution >= 0.6 is 0 Å². The van der Waals surface area contributed by atoms with Gasteiger partial charge in [-0.15, -0.1) is 0 Å². The summed E-state index contributed by atoms with van der Waals surface area (Å²) in [5, 5.41) is 5.10. The highest BCUT2D eigenvalue weighted by Gasteiger charge is 2.13. The summed E-state index contributed by atoms with van der Waals surface area (Å²) < 4.78 is 31.2.